The summed E-state index contributed by atoms with van der Waals surface area (Å²) >= 11 is 1.47. The number of nitrogens with one attached hydrogen (secondary N) is 2. The Morgan fingerprint density at radius 1 is 1.31 bits per heavy atom. The Labute approximate surface area is 208 Å². The molecule has 3 heterocycles. The zero-order valence-electron chi connectivity index (χ0n) is 20.0. The molecule has 35 heavy (non-hydrogen) atoms. The van der Waals surface area contributed by atoms with Crippen LogP contribution in [0.25, 0.3) is 5.57 Å². The maximum Gasteiger partial charge on any atom is 0.411 e. The normalized spacial score (nSPS) is 18.4. The molecule has 2 aromatic rings. The van der Waals surface area contributed by atoms with Gasteiger partial charge in [0, 0.05) is 18.5 Å². The first kappa shape index (κ1) is 24.3. The van der Waals surface area contributed by atoms with Gasteiger partial charge in [0.05, 0.1) is 22.9 Å². The monoisotopic (exact) mass is 493 g/mol. The Morgan fingerprint density at radius 3 is 2.80 bits per heavy atom. The Hall–Kier alpha value is -3.78. The molecule has 2 aliphatic heterocycles. The summed E-state index contributed by atoms with van der Waals surface area (Å²) in [5, 5.41) is 16.0. The molecule has 11 heteroatoms. The van der Waals surface area contributed by atoms with Crippen LogP contribution in [-0.4, -0.2) is 56.7 Å². The van der Waals surface area contributed by atoms with Crippen molar-refractivity contribution in [2.75, 3.05) is 33.7 Å². The molecule has 1 fully saturated rings. The van der Waals surface area contributed by atoms with Gasteiger partial charge in [0.15, 0.2) is 0 Å². The first-order valence-corrected chi connectivity index (χ1v) is 12.4. The second kappa shape index (κ2) is 9.84. The summed E-state index contributed by atoms with van der Waals surface area (Å²) in [5.41, 5.74) is 1.91. The number of benzene rings is 1. The predicted octanol–water partition coefficient (Wildman–Crippen LogP) is 3.87. The van der Waals surface area contributed by atoms with Crippen LogP contribution in [0.5, 0.6) is 0 Å². The molecule has 1 aromatic carbocycles. The van der Waals surface area contributed by atoms with Crippen molar-refractivity contribution in [1.29, 1.82) is 5.26 Å². The standard InChI is InChI=1S/C24H27N7O3S/c1-5-30-18-9-7-6-8-17(18)27-20(30)15(12-25)16-10-11-26-22(28-16)29-21(32)19-13-35-14-31(19)23(33)34-24(2,3)4/h6-11,19,27H,5,13-14H2,1-4H3,(H,26,28,29,32)/b20-15+/t19-/m1/s1. The van der Waals surface area contributed by atoms with E-state index in [9.17, 15) is 14.9 Å². The molecule has 1 aromatic heterocycles. The number of allylic oxidation sites excluding steroid dienone is 1. The second-order valence-corrected chi connectivity index (χ2v) is 9.94. The van der Waals surface area contributed by atoms with Gasteiger partial charge in [0.25, 0.3) is 5.91 Å². The lowest BCUT2D eigenvalue weighted by atomic mass is 10.2. The number of nitriles is 1. The van der Waals surface area contributed by atoms with Gasteiger partial charge in [-0.2, -0.15) is 5.26 Å². The third-order valence-electron chi connectivity index (χ3n) is 5.34. The van der Waals surface area contributed by atoms with Gasteiger partial charge in [0.2, 0.25) is 5.95 Å². The fourth-order valence-electron chi connectivity index (χ4n) is 3.80. The zero-order chi connectivity index (χ0) is 25.2. The molecule has 10 nitrogen and oxygen atoms in total. The lowest BCUT2D eigenvalue weighted by Gasteiger charge is -2.27. The number of fused-ring (bicyclic) bond motifs is 1. The molecule has 1 saturated heterocycles. The number of nitrogens with zero attached hydrogens (tertiary/aromatic N) is 5. The van der Waals surface area contributed by atoms with Crippen LogP contribution in [0.1, 0.15) is 33.4 Å². The van der Waals surface area contributed by atoms with Crippen LogP contribution in [0.15, 0.2) is 42.3 Å². The summed E-state index contributed by atoms with van der Waals surface area (Å²) in [6, 6.07) is 10.9. The lowest BCUT2D eigenvalue weighted by molar-refractivity contribution is -0.120. The van der Waals surface area contributed by atoms with E-state index in [1.807, 2.05) is 36.1 Å². The molecule has 0 spiro atoms. The van der Waals surface area contributed by atoms with E-state index in [1.54, 1.807) is 26.8 Å². The Kier molecular flexibility index (Phi) is 6.84. The van der Waals surface area contributed by atoms with Crippen LogP contribution in [0, 0.1) is 11.3 Å². The van der Waals surface area contributed by atoms with Gasteiger partial charge >= 0.3 is 6.09 Å². The van der Waals surface area contributed by atoms with Crippen molar-refractivity contribution >= 4 is 46.7 Å². The molecule has 0 radical (unpaired) electrons. The predicted molar refractivity (Wildman–Crippen MR) is 135 cm³/mol. The number of rotatable bonds is 4. The highest BCUT2D eigenvalue weighted by molar-refractivity contribution is 7.99. The minimum Gasteiger partial charge on any atom is -0.444 e. The van der Waals surface area contributed by atoms with Gasteiger partial charge in [-0.25, -0.2) is 14.8 Å². The number of hydrogen-bond acceptors (Lipinski definition) is 9. The highest BCUT2D eigenvalue weighted by Crippen LogP contribution is 2.38. The van der Waals surface area contributed by atoms with Crippen molar-refractivity contribution in [2.45, 2.75) is 39.3 Å². The molecule has 1 atom stereocenters. The maximum absolute atomic E-state index is 13.0. The van der Waals surface area contributed by atoms with Gasteiger partial charge in [-0.15, -0.1) is 11.8 Å². The van der Waals surface area contributed by atoms with Crippen LogP contribution < -0.4 is 15.5 Å². The van der Waals surface area contributed by atoms with Crippen molar-refractivity contribution in [3.8, 4) is 6.07 Å². The Balaban J connectivity index is 1.55. The third kappa shape index (κ3) is 5.17. The summed E-state index contributed by atoms with van der Waals surface area (Å²) in [7, 11) is 0. The van der Waals surface area contributed by atoms with E-state index in [2.05, 4.69) is 26.7 Å². The molecule has 2 N–H and O–H groups in total. The maximum atomic E-state index is 13.0. The number of ether oxygens (including phenoxy) is 1. The zero-order valence-corrected chi connectivity index (χ0v) is 20.8. The second-order valence-electron chi connectivity index (χ2n) is 8.94. The van der Waals surface area contributed by atoms with E-state index in [0.717, 1.165) is 11.4 Å². The smallest absolute Gasteiger partial charge is 0.411 e. The summed E-state index contributed by atoms with van der Waals surface area (Å²) in [6.45, 7) is 7.99. The molecule has 0 saturated carbocycles. The van der Waals surface area contributed by atoms with Crippen LogP contribution in [0.2, 0.25) is 0 Å². The van der Waals surface area contributed by atoms with Crippen LogP contribution >= 0.6 is 11.8 Å². The van der Waals surface area contributed by atoms with Gasteiger partial charge in [0.1, 0.15) is 29.1 Å². The summed E-state index contributed by atoms with van der Waals surface area (Å²) in [4.78, 5) is 37.5. The number of amides is 2. The summed E-state index contributed by atoms with van der Waals surface area (Å²) < 4.78 is 5.43. The number of thioether (sulfide) groups is 1. The van der Waals surface area contributed by atoms with Gasteiger partial charge in [-0.1, -0.05) is 12.1 Å². The Morgan fingerprint density at radius 2 is 2.09 bits per heavy atom. The van der Waals surface area contributed by atoms with Crippen molar-refractivity contribution in [3.05, 3.63) is 48.0 Å². The number of para-hydroxylation sites is 2. The Bertz CT molecular complexity index is 1220. The van der Waals surface area contributed by atoms with Gasteiger partial charge < -0.3 is 15.0 Å². The number of carbonyl (C=O) groups excluding carboxylic acids is 2. The van der Waals surface area contributed by atoms with E-state index in [-0.39, 0.29) is 5.95 Å². The average molecular weight is 494 g/mol. The van der Waals surface area contributed by atoms with Crippen LogP contribution in [-0.2, 0) is 9.53 Å². The van der Waals surface area contributed by atoms with Crippen LogP contribution in [0.3, 0.4) is 0 Å². The fraction of sp³-hybridized carbons (Fsp3) is 0.375. The summed E-state index contributed by atoms with van der Waals surface area (Å²) in [6.07, 6.45) is 0.948. The molecule has 2 aliphatic rings. The molecule has 0 bridgehead atoms. The van der Waals surface area contributed by atoms with Gasteiger partial charge in [-0.05, 0) is 45.9 Å². The molecule has 4 rings (SSSR count). The molecule has 0 unspecified atom stereocenters. The van der Waals surface area contributed by atoms with Crippen molar-refractivity contribution in [3.63, 3.8) is 0 Å². The van der Waals surface area contributed by atoms with Crippen LogP contribution in [0.4, 0.5) is 22.1 Å². The minimum atomic E-state index is -0.711. The third-order valence-corrected chi connectivity index (χ3v) is 6.35. The van der Waals surface area contributed by atoms with E-state index in [4.69, 9.17) is 4.74 Å². The first-order chi connectivity index (χ1) is 16.7. The van der Waals surface area contributed by atoms with E-state index >= 15 is 0 Å². The van der Waals surface area contributed by atoms with E-state index in [0.29, 0.717) is 35.3 Å². The molecule has 2 amide bonds. The SMILES string of the molecule is CCN1/C(=C(\C#N)c2ccnc(NC(=O)[C@H]3CSCN3C(=O)OC(C)(C)C)n2)Nc2ccccc21. The quantitative estimate of drug-likeness (QED) is 0.611. The molecular formula is C24H27N7O3S. The van der Waals surface area contributed by atoms with E-state index in [1.165, 1.54) is 22.9 Å². The topological polar surface area (TPSA) is 123 Å². The minimum absolute atomic E-state index is 0.0560. The first-order valence-electron chi connectivity index (χ1n) is 11.2. The molecular weight excluding hydrogens is 466 g/mol. The number of anilines is 3. The van der Waals surface area contributed by atoms with Crippen molar-refractivity contribution < 1.29 is 14.3 Å². The largest absolute Gasteiger partial charge is 0.444 e. The van der Waals surface area contributed by atoms with Gasteiger partial charge in [-0.3, -0.25) is 15.0 Å². The highest BCUT2D eigenvalue weighted by atomic mass is 32.2. The molecule has 0 aliphatic carbocycles. The van der Waals surface area contributed by atoms with E-state index < -0.39 is 23.6 Å². The molecule has 182 valence electrons. The lowest BCUT2D eigenvalue weighted by Crippen LogP contribution is -2.46. The van der Waals surface area contributed by atoms with Crippen molar-refractivity contribution in [2.24, 2.45) is 0 Å². The number of aromatic nitrogens is 2. The summed E-state index contributed by atoms with van der Waals surface area (Å²) in [5.74, 6) is 1.06. The number of carbonyl (C=O) groups is 2. The van der Waals surface area contributed by atoms with Crippen molar-refractivity contribution in [1.82, 2.24) is 14.9 Å². The highest BCUT2D eigenvalue weighted by Gasteiger charge is 2.37. The number of hydrogen-bond donors (Lipinski definition) is 2. The fourth-order valence-corrected chi connectivity index (χ4v) is 4.94. The average Bonchev–Trinajstić information content (AvgIpc) is 3.44.